The molecule has 0 bridgehead atoms. The van der Waals surface area contributed by atoms with Crippen molar-refractivity contribution in [1.29, 1.82) is 0 Å². The molecule has 1 aromatic rings. The third kappa shape index (κ3) is 3.50. The van der Waals surface area contributed by atoms with Gasteiger partial charge in [-0.2, -0.15) is 0 Å². The van der Waals surface area contributed by atoms with E-state index in [1.54, 1.807) is 0 Å². The number of benzene rings is 1. The van der Waals surface area contributed by atoms with Crippen LogP contribution in [0.25, 0.3) is 0 Å². The molecular weight excluding hydrogens is 290 g/mol. The Morgan fingerprint density at radius 1 is 1.33 bits per heavy atom. The highest BCUT2D eigenvalue weighted by Gasteiger charge is 2.28. The fraction of sp³-hybridized carbons (Fsp3) is 0.562. The summed E-state index contributed by atoms with van der Waals surface area (Å²) in [5.41, 5.74) is 1.17. The summed E-state index contributed by atoms with van der Waals surface area (Å²) in [6.07, 6.45) is 4.44. The van der Waals surface area contributed by atoms with Gasteiger partial charge in [0.15, 0.2) is 0 Å². The van der Waals surface area contributed by atoms with Crippen molar-refractivity contribution < 1.29 is 14.6 Å². The maximum absolute atomic E-state index is 10.9. The predicted octanol–water partition coefficient (Wildman–Crippen LogP) is 2.88. The van der Waals surface area contributed by atoms with E-state index in [-0.39, 0.29) is 12.0 Å². The molecule has 4 nitrogen and oxygen atoms in total. The summed E-state index contributed by atoms with van der Waals surface area (Å²) in [5.74, 6) is 0.123. The highest BCUT2D eigenvalue weighted by Crippen LogP contribution is 2.31. The van der Waals surface area contributed by atoms with Crippen LogP contribution in [0.5, 0.6) is 5.75 Å². The Bertz CT molecular complexity index is 526. The van der Waals surface area contributed by atoms with Gasteiger partial charge in [0, 0.05) is 24.0 Å². The smallest absolute Gasteiger partial charge is 0.306 e. The van der Waals surface area contributed by atoms with Crippen LogP contribution < -0.4 is 10.1 Å². The number of hydrogen-bond donors (Lipinski definition) is 2. The van der Waals surface area contributed by atoms with Crippen molar-refractivity contribution in [2.45, 2.75) is 44.2 Å². The molecule has 21 heavy (non-hydrogen) atoms. The third-order valence-electron chi connectivity index (χ3n) is 4.47. The van der Waals surface area contributed by atoms with Gasteiger partial charge in [-0.25, -0.2) is 0 Å². The van der Waals surface area contributed by atoms with Crippen LogP contribution in [0.1, 0.15) is 31.2 Å². The van der Waals surface area contributed by atoms with Crippen LogP contribution in [-0.2, 0) is 11.2 Å². The monoisotopic (exact) mass is 309 g/mol. The minimum Gasteiger partial charge on any atom is -0.488 e. The van der Waals surface area contributed by atoms with Gasteiger partial charge in [0.2, 0.25) is 0 Å². The van der Waals surface area contributed by atoms with Gasteiger partial charge in [-0.1, -0.05) is 11.6 Å². The number of hydrogen-bond acceptors (Lipinski definition) is 3. The second kappa shape index (κ2) is 6.24. The Morgan fingerprint density at radius 3 is 2.81 bits per heavy atom. The summed E-state index contributed by atoms with van der Waals surface area (Å²) in [4.78, 5) is 10.9. The van der Waals surface area contributed by atoms with Crippen molar-refractivity contribution >= 4 is 17.6 Å². The Morgan fingerprint density at radius 2 is 2.10 bits per heavy atom. The number of aliphatic carboxylic acids is 1. The summed E-state index contributed by atoms with van der Waals surface area (Å²) in [7, 11) is 0. The van der Waals surface area contributed by atoms with Crippen molar-refractivity contribution in [2.24, 2.45) is 5.92 Å². The molecule has 2 N–H and O–H groups in total. The standard InChI is InChI=1S/C16H20ClNO3/c17-12-3-6-15-11(7-12)8-14(21-15)9-18-13-4-1-10(2-5-13)16(19)20/h3,6-7,10,13-14,18H,1-2,4-5,8-9H2,(H,19,20). The molecule has 114 valence electrons. The zero-order valence-electron chi connectivity index (χ0n) is 11.8. The number of carbonyl (C=O) groups is 1. The van der Waals surface area contributed by atoms with Gasteiger partial charge in [0.25, 0.3) is 0 Å². The molecule has 1 aromatic carbocycles. The Labute approximate surface area is 129 Å². The molecule has 1 atom stereocenters. The maximum Gasteiger partial charge on any atom is 0.306 e. The molecule has 0 aromatic heterocycles. The summed E-state index contributed by atoms with van der Waals surface area (Å²) >= 11 is 5.99. The topological polar surface area (TPSA) is 58.6 Å². The van der Waals surface area contributed by atoms with Gasteiger partial charge >= 0.3 is 5.97 Å². The van der Waals surface area contributed by atoms with Gasteiger partial charge in [-0.15, -0.1) is 0 Å². The van der Waals surface area contributed by atoms with E-state index in [0.717, 1.165) is 49.4 Å². The Balaban J connectivity index is 1.44. The Kier molecular flexibility index (Phi) is 4.36. The molecule has 1 aliphatic carbocycles. The molecule has 0 amide bonds. The highest BCUT2D eigenvalue weighted by molar-refractivity contribution is 6.30. The molecule has 1 saturated carbocycles. The lowest BCUT2D eigenvalue weighted by Crippen LogP contribution is -2.40. The molecule has 0 radical (unpaired) electrons. The van der Waals surface area contributed by atoms with Crippen LogP contribution >= 0.6 is 11.6 Å². The molecule has 1 unspecified atom stereocenters. The van der Waals surface area contributed by atoms with Crippen LogP contribution in [0.15, 0.2) is 18.2 Å². The zero-order valence-corrected chi connectivity index (χ0v) is 12.6. The van der Waals surface area contributed by atoms with E-state index in [4.69, 9.17) is 21.4 Å². The number of fused-ring (bicyclic) bond motifs is 1. The maximum atomic E-state index is 10.9. The van der Waals surface area contributed by atoms with Gasteiger partial charge in [0.05, 0.1) is 5.92 Å². The Hall–Kier alpha value is -1.26. The highest BCUT2D eigenvalue weighted by atomic mass is 35.5. The molecule has 1 aliphatic heterocycles. The SMILES string of the molecule is O=C(O)C1CCC(NCC2Cc3cc(Cl)ccc3O2)CC1. The summed E-state index contributed by atoms with van der Waals surface area (Å²) in [5, 5.41) is 13.3. The lowest BCUT2D eigenvalue weighted by atomic mass is 9.86. The fourth-order valence-corrected chi connectivity index (χ4v) is 3.44. The first-order chi connectivity index (χ1) is 10.1. The summed E-state index contributed by atoms with van der Waals surface area (Å²) in [6, 6.07) is 6.16. The number of nitrogens with one attached hydrogen (secondary N) is 1. The van der Waals surface area contributed by atoms with Crippen LogP contribution in [0.4, 0.5) is 0 Å². The molecule has 5 heteroatoms. The first kappa shape index (κ1) is 14.7. The van der Waals surface area contributed by atoms with Crippen molar-refractivity contribution in [2.75, 3.05) is 6.54 Å². The van der Waals surface area contributed by atoms with Crippen LogP contribution in [0, 0.1) is 5.92 Å². The zero-order chi connectivity index (χ0) is 14.8. The minimum absolute atomic E-state index is 0.149. The summed E-state index contributed by atoms with van der Waals surface area (Å²) in [6.45, 7) is 0.800. The average Bonchev–Trinajstić information content (AvgIpc) is 2.87. The lowest BCUT2D eigenvalue weighted by Gasteiger charge is -2.27. The van der Waals surface area contributed by atoms with Gasteiger partial charge in [-0.3, -0.25) is 4.79 Å². The van der Waals surface area contributed by atoms with Crippen LogP contribution in [-0.4, -0.2) is 29.8 Å². The van der Waals surface area contributed by atoms with E-state index in [1.807, 2.05) is 18.2 Å². The number of rotatable bonds is 4. The van der Waals surface area contributed by atoms with Crippen molar-refractivity contribution in [3.63, 3.8) is 0 Å². The van der Waals surface area contributed by atoms with Crippen molar-refractivity contribution in [3.05, 3.63) is 28.8 Å². The first-order valence-electron chi connectivity index (χ1n) is 7.53. The van der Waals surface area contributed by atoms with E-state index >= 15 is 0 Å². The number of carboxylic acids is 1. The number of carboxylic acid groups (broad SMARTS) is 1. The molecule has 0 spiro atoms. The van der Waals surface area contributed by atoms with E-state index in [1.165, 1.54) is 5.56 Å². The largest absolute Gasteiger partial charge is 0.488 e. The third-order valence-corrected chi connectivity index (χ3v) is 4.71. The number of halogens is 1. The van der Waals surface area contributed by atoms with E-state index in [0.29, 0.717) is 6.04 Å². The molecule has 2 aliphatic rings. The van der Waals surface area contributed by atoms with E-state index in [2.05, 4.69) is 5.32 Å². The quantitative estimate of drug-likeness (QED) is 0.898. The van der Waals surface area contributed by atoms with Crippen LogP contribution in [0.2, 0.25) is 5.02 Å². The molecule has 3 rings (SSSR count). The second-order valence-electron chi connectivity index (χ2n) is 5.99. The van der Waals surface area contributed by atoms with E-state index < -0.39 is 5.97 Å². The first-order valence-corrected chi connectivity index (χ1v) is 7.91. The second-order valence-corrected chi connectivity index (χ2v) is 6.43. The van der Waals surface area contributed by atoms with Crippen molar-refractivity contribution in [1.82, 2.24) is 5.32 Å². The molecule has 1 heterocycles. The molecule has 1 fully saturated rings. The lowest BCUT2D eigenvalue weighted by molar-refractivity contribution is -0.142. The van der Waals surface area contributed by atoms with Gasteiger partial charge in [-0.05, 0) is 49.4 Å². The average molecular weight is 310 g/mol. The van der Waals surface area contributed by atoms with Gasteiger partial charge < -0.3 is 15.2 Å². The number of ether oxygens (including phenoxy) is 1. The summed E-state index contributed by atoms with van der Waals surface area (Å²) < 4.78 is 5.90. The van der Waals surface area contributed by atoms with E-state index in [9.17, 15) is 4.79 Å². The van der Waals surface area contributed by atoms with Crippen LogP contribution in [0.3, 0.4) is 0 Å². The van der Waals surface area contributed by atoms with Gasteiger partial charge in [0.1, 0.15) is 11.9 Å². The fourth-order valence-electron chi connectivity index (χ4n) is 3.25. The molecule has 0 saturated heterocycles. The molecular formula is C16H20ClNO3. The van der Waals surface area contributed by atoms with Crippen molar-refractivity contribution in [3.8, 4) is 5.75 Å². The normalized spacial score (nSPS) is 28.0. The minimum atomic E-state index is -0.653. The predicted molar refractivity (Wildman–Crippen MR) is 81.0 cm³/mol.